The fraction of sp³-hybridized carbons (Fsp3) is 0.538. The zero-order valence-electron chi connectivity index (χ0n) is 9.02. The van der Waals surface area contributed by atoms with Crippen molar-refractivity contribution in [2.24, 2.45) is 11.1 Å². The van der Waals surface area contributed by atoms with Gasteiger partial charge in [0.15, 0.2) is 0 Å². The first kappa shape index (κ1) is 10.7. The zero-order valence-corrected chi connectivity index (χ0v) is 9.02. The van der Waals surface area contributed by atoms with Crippen molar-refractivity contribution in [3.05, 3.63) is 35.9 Å². The molecule has 0 aliphatic heterocycles. The highest BCUT2D eigenvalue weighted by atomic mass is 16.3. The molecule has 2 heteroatoms. The number of rotatable bonds is 3. The summed E-state index contributed by atoms with van der Waals surface area (Å²) < 4.78 is 0. The Balaban J connectivity index is 2.22. The minimum atomic E-state index is -0.0681. The van der Waals surface area contributed by atoms with Crippen LogP contribution in [-0.2, 0) is 0 Å². The van der Waals surface area contributed by atoms with E-state index in [0.29, 0.717) is 0 Å². The van der Waals surface area contributed by atoms with Crippen molar-refractivity contribution in [1.29, 1.82) is 0 Å². The lowest BCUT2D eigenvalue weighted by atomic mass is 9.76. The van der Waals surface area contributed by atoms with Crippen LogP contribution in [0.25, 0.3) is 0 Å². The van der Waals surface area contributed by atoms with Crippen molar-refractivity contribution >= 4 is 0 Å². The van der Waals surface area contributed by atoms with Gasteiger partial charge in [-0.05, 0) is 18.4 Å². The Kier molecular flexibility index (Phi) is 3.08. The van der Waals surface area contributed by atoms with Gasteiger partial charge in [-0.15, -0.1) is 0 Å². The van der Waals surface area contributed by atoms with Crippen LogP contribution in [0, 0.1) is 5.41 Å². The van der Waals surface area contributed by atoms with Crippen molar-refractivity contribution < 1.29 is 5.11 Å². The predicted octanol–water partition coefficient (Wildman–Crippen LogP) is 2.24. The van der Waals surface area contributed by atoms with Crippen LogP contribution in [0.4, 0.5) is 0 Å². The first-order valence-corrected chi connectivity index (χ1v) is 5.70. The lowest BCUT2D eigenvalue weighted by molar-refractivity contribution is 0.102. The Hall–Kier alpha value is -0.860. The summed E-state index contributed by atoms with van der Waals surface area (Å²) in [6.07, 6.45) is 4.50. The van der Waals surface area contributed by atoms with Gasteiger partial charge in [-0.2, -0.15) is 0 Å². The van der Waals surface area contributed by atoms with Crippen LogP contribution in [0.5, 0.6) is 0 Å². The standard InChI is InChI=1S/C13H19NO/c14-12(11-6-2-1-3-7-11)13(10-15)8-4-5-9-13/h1-3,6-7,12,15H,4-5,8-10,14H2/t12-/m1/s1. The van der Waals surface area contributed by atoms with Crippen molar-refractivity contribution in [1.82, 2.24) is 0 Å². The largest absolute Gasteiger partial charge is 0.396 e. The summed E-state index contributed by atoms with van der Waals surface area (Å²) in [5, 5.41) is 9.57. The zero-order chi connectivity index (χ0) is 10.7. The molecule has 1 aromatic carbocycles. The minimum absolute atomic E-state index is 0.0220. The Morgan fingerprint density at radius 1 is 1.20 bits per heavy atom. The van der Waals surface area contributed by atoms with Gasteiger partial charge in [-0.25, -0.2) is 0 Å². The summed E-state index contributed by atoms with van der Waals surface area (Å²) in [4.78, 5) is 0. The summed E-state index contributed by atoms with van der Waals surface area (Å²) in [6, 6.07) is 10.1. The van der Waals surface area contributed by atoms with Crippen LogP contribution in [0.15, 0.2) is 30.3 Å². The molecule has 82 valence electrons. The summed E-state index contributed by atoms with van der Waals surface area (Å²) in [5.41, 5.74) is 7.36. The molecule has 0 radical (unpaired) electrons. The van der Waals surface area contributed by atoms with Crippen LogP contribution < -0.4 is 5.73 Å². The molecule has 0 amide bonds. The molecule has 0 bridgehead atoms. The van der Waals surface area contributed by atoms with Gasteiger partial charge in [-0.3, -0.25) is 0 Å². The van der Waals surface area contributed by atoms with Crippen LogP contribution in [0.3, 0.4) is 0 Å². The third-order valence-corrected chi connectivity index (χ3v) is 3.73. The van der Waals surface area contributed by atoms with E-state index in [0.717, 1.165) is 18.4 Å². The van der Waals surface area contributed by atoms with E-state index in [1.54, 1.807) is 0 Å². The molecule has 1 aromatic rings. The number of benzene rings is 1. The maximum atomic E-state index is 9.57. The van der Waals surface area contributed by atoms with Crippen molar-refractivity contribution in [2.45, 2.75) is 31.7 Å². The van der Waals surface area contributed by atoms with Crippen LogP contribution >= 0.6 is 0 Å². The van der Waals surface area contributed by atoms with E-state index in [4.69, 9.17) is 5.73 Å². The van der Waals surface area contributed by atoms with Crippen LogP contribution in [-0.4, -0.2) is 11.7 Å². The van der Waals surface area contributed by atoms with E-state index in [2.05, 4.69) is 12.1 Å². The highest BCUT2D eigenvalue weighted by molar-refractivity contribution is 5.21. The minimum Gasteiger partial charge on any atom is -0.396 e. The molecule has 1 atom stereocenters. The molecule has 1 aliphatic carbocycles. The fourth-order valence-electron chi connectivity index (χ4n) is 2.66. The normalized spacial score (nSPS) is 21.5. The Bertz CT molecular complexity index is 304. The molecular weight excluding hydrogens is 186 g/mol. The Morgan fingerprint density at radius 2 is 1.80 bits per heavy atom. The van der Waals surface area contributed by atoms with Crippen molar-refractivity contribution in [3.63, 3.8) is 0 Å². The Morgan fingerprint density at radius 3 is 2.33 bits per heavy atom. The Labute approximate surface area is 91.1 Å². The molecule has 1 fully saturated rings. The van der Waals surface area contributed by atoms with Crippen molar-refractivity contribution in [3.8, 4) is 0 Å². The first-order valence-electron chi connectivity index (χ1n) is 5.70. The summed E-state index contributed by atoms with van der Waals surface area (Å²) in [5.74, 6) is 0. The molecule has 0 unspecified atom stereocenters. The molecular formula is C13H19NO. The van der Waals surface area contributed by atoms with Gasteiger partial charge in [0, 0.05) is 11.5 Å². The average molecular weight is 205 g/mol. The second-order valence-electron chi connectivity index (χ2n) is 4.62. The lowest BCUT2D eigenvalue weighted by Crippen LogP contribution is -2.35. The molecule has 0 spiro atoms. The van der Waals surface area contributed by atoms with Crippen LogP contribution in [0.2, 0.25) is 0 Å². The number of aliphatic hydroxyl groups excluding tert-OH is 1. The average Bonchev–Trinajstić information content (AvgIpc) is 2.79. The number of nitrogens with two attached hydrogens (primary N) is 1. The predicted molar refractivity (Wildman–Crippen MR) is 61.4 cm³/mol. The van der Waals surface area contributed by atoms with E-state index in [9.17, 15) is 5.11 Å². The van der Waals surface area contributed by atoms with Crippen molar-refractivity contribution in [2.75, 3.05) is 6.61 Å². The van der Waals surface area contributed by atoms with Gasteiger partial charge in [-0.1, -0.05) is 43.2 Å². The van der Waals surface area contributed by atoms with Gasteiger partial charge in [0.2, 0.25) is 0 Å². The first-order chi connectivity index (χ1) is 7.28. The third kappa shape index (κ3) is 1.92. The molecule has 2 nitrogen and oxygen atoms in total. The van der Waals surface area contributed by atoms with Gasteiger partial charge < -0.3 is 10.8 Å². The second kappa shape index (κ2) is 4.33. The fourth-order valence-corrected chi connectivity index (χ4v) is 2.66. The van der Waals surface area contributed by atoms with E-state index < -0.39 is 0 Å². The molecule has 1 aliphatic rings. The third-order valence-electron chi connectivity index (χ3n) is 3.73. The lowest BCUT2D eigenvalue weighted by Gasteiger charge is -2.33. The molecule has 15 heavy (non-hydrogen) atoms. The second-order valence-corrected chi connectivity index (χ2v) is 4.62. The maximum absolute atomic E-state index is 9.57. The van der Waals surface area contributed by atoms with Crippen LogP contribution in [0.1, 0.15) is 37.3 Å². The molecule has 3 N–H and O–H groups in total. The highest BCUT2D eigenvalue weighted by Crippen LogP contribution is 2.45. The maximum Gasteiger partial charge on any atom is 0.0505 e. The molecule has 0 aromatic heterocycles. The molecule has 2 rings (SSSR count). The van der Waals surface area contributed by atoms with E-state index in [1.165, 1.54) is 12.8 Å². The summed E-state index contributed by atoms with van der Waals surface area (Å²) >= 11 is 0. The van der Waals surface area contributed by atoms with E-state index in [1.807, 2.05) is 18.2 Å². The number of hydrogen-bond acceptors (Lipinski definition) is 2. The van der Waals surface area contributed by atoms with Gasteiger partial charge >= 0.3 is 0 Å². The smallest absolute Gasteiger partial charge is 0.0505 e. The highest BCUT2D eigenvalue weighted by Gasteiger charge is 2.39. The molecule has 0 saturated heterocycles. The number of hydrogen-bond donors (Lipinski definition) is 2. The molecule has 0 heterocycles. The van der Waals surface area contributed by atoms with E-state index in [-0.39, 0.29) is 18.1 Å². The topological polar surface area (TPSA) is 46.2 Å². The summed E-state index contributed by atoms with van der Waals surface area (Å²) in [7, 11) is 0. The van der Waals surface area contributed by atoms with Gasteiger partial charge in [0.25, 0.3) is 0 Å². The van der Waals surface area contributed by atoms with Gasteiger partial charge in [0.05, 0.1) is 6.61 Å². The number of aliphatic hydroxyl groups is 1. The molecule has 1 saturated carbocycles. The van der Waals surface area contributed by atoms with E-state index >= 15 is 0 Å². The summed E-state index contributed by atoms with van der Waals surface area (Å²) in [6.45, 7) is 0.211. The quantitative estimate of drug-likeness (QED) is 0.795. The van der Waals surface area contributed by atoms with Gasteiger partial charge in [0.1, 0.15) is 0 Å². The monoisotopic (exact) mass is 205 g/mol. The SMILES string of the molecule is N[C@H](c1ccccc1)C1(CO)CCCC1.